The number of H-pyrrole nitrogens is 1. The zero-order valence-electron chi connectivity index (χ0n) is 11.1. The van der Waals surface area contributed by atoms with Crippen LogP contribution in [0.25, 0.3) is 6.08 Å². The van der Waals surface area contributed by atoms with Crippen molar-refractivity contribution in [3.05, 3.63) is 40.6 Å². The largest absolute Gasteiger partial charge is 0.326 e. The fourth-order valence-electron chi connectivity index (χ4n) is 2.55. The maximum Gasteiger partial charge on any atom is 0.326 e. The SMILES string of the molecule is C=C/C=C\c1c(C)[nH]c(=O)n1C1CCN(C)CC1. The van der Waals surface area contributed by atoms with E-state index in [0.29, 0.717) is 6.04 Å². The van der Waals surface area contributed by atoms with Gasteiger partial charge in [-0.15, -0.1) is 0 Å². The second kappa shape index (κ2) is 5.40. The van der Waals surface area contributed by atoms with Gasteiger partial charge in [-0.05, 0) is 46.0 Å². The number of aromatic amines is 1. The molecule has 0 saturated carbocycles. The third-order valence-corrected chi connectivity index (χ3v) is 3.60. The molecule has 1 saturated heterocycles. The highest BCUT2D eigenvalue weighted by Crippen LogP contribution is 2.23. The molecule has 0 bridgehead atoms. The molecule has 4 heteroatoms. The lowest BCUT2D eigenvalue weighted by Crippen LogP contribution is -2.35. The number of rotatable bonds is 3. The number of aromatic nitrogens is 2. The van der Waals surface area contributed by atoms with Crippen molar-refractivity contribution in [1.29, 1.82) is 0 Å². The van der Waals surface area contributed by atoms with Crippen LogP contribution in [0, 0.1) is 6.92 Å². The second-order valence-corrected chi connectivity index (χ2v) is 4.94. The Bertz CT molecular complexity index is 502. The molecule has 1 fully saturated rings. The molecule has 4 nitrogen and oxygen atoms in total. The van der Waals surface area contributed by atoms with Crippen LogP contribution in [-0.4, -0.2) is 34.6 Å². The number of imidazole rings is 1. The molecule has 1 aliphatic rings. The average molecular weight is 247 g/mol. The molecule has 0 radical (unpaired) electrons. The highest BCUT2D eigenvalue weighted by molar-refractivity contribution is 5.49. The maximum absolute atomic E-state index is 12.0. The van der Waals surface area contributed by atoms with E-state index < -0.39 is 0 Å². The van der Waals surface area contributed by atoms with Gasteiger partial charge in [0.05, 0.1) is 5.69 Å². The summed E-state index contributed by atoms with van der Waals surface area (Å²) in [5.74, 6) is 0. The lowest BCUT2D eigenvalue weighted by atomic mass is 10.0. The van der Waals surface area contributed by atoms with E-state index in [1.54, 1.807) is 6.08 Å². The summed E-state index contributed by atoms with van der Waals surface area (Å²) in [6.45, 7) is 7.71. The Morgan fingerprint density at radius 3 is 2.67 bits per heavy atom. The Kier molecular flexibility index (Phi) is 3.87. The standard InChI is InChI=1S/C14H21N3O/c1-4-5-6-13-11(2)15-14(18)17(13)12-7-9-16(3)10-8-12/h4-6,12H,1,7-10H2,2-3H3,(H,15,18)/b6-5-. The van der Waals surface area contributed by atoms with Gasteiger partial charge in [0.25, 0.3) is 0 Å². The van der Waals surface area contributed by atoms with Crippen LogP contribution in [0.15, 0.2) is 23.5 Å². The normalized spacial score (nSPS) is 18.6. The summed E-state index contributed by atoms with van der Waals surface area (Å²) in [7, 11) is 2.12. The smallest absolute Gasteiger partial charge is 0.310 e. The van der Waals surface area contributed by atoms with Gasteiger partial charge in [0.2, 0.25) is 0 Å². The molecule has 2 heterocycles. The predicted molar refractivity (Wildman–Crippen MR) is 74.8 cm³/mol. The molecule has 0 aromatic carbocycles. The minimum absolute atomic E-state index is 0.00534. The van der Waals surface area contributed by atoms with Gasteiger partial charge < -0.3 is 9.88 Å². The van der Waals surface area contributed by atoms with Crippen LogP contribution in [-0.2, 0) is 0 Å². The molecular weight excluding hydrogens is 226 g/mol. The molecule has 2 rings (SSSR count). The molecule has 18 heavy (non-hydrogen) atoms. The molecule has 1 N–H and O–H groups in total. The minimum Gasteiger partial charge on any atom is -0.310 e. The number of nitrogens with one attached hydrogen (secondary N) is 1. The first-order valence-electron chi connectivity index (χ1n) is 6.42. The molecule has 1 aromatic rings. The molecule has 0 atom stereocenters. The molecule has 0 amide bonds. The molecule has 1 aliphatic heterocycles. The summed E-state index contributed by atoms with van der Waals surface area (Å²) in [6.07, 6.45) is 7.63. The van der Waals surface area contributed by atoms with Crippen molar-refractivity contribution in [2.24, 2.45) is 0 Å². The summed E-state index contributed by atoms with van der Waals surface area (Å²) in [4.78, 5) is 17.2. The van der Waals surface area contributed by atoms with Crippen molar-refractivity contribution in [1.82, 2.24) is 14.5 Å². The number of likely N-dealkylation sites (tertiary alicyclic amines) is 1. The van der Waals surface area contributed by atoms with E-state index in [4.69, 9.17) is 0 Å². The van der Waals surface area contributed by atoms with Crippen LogP contribution in [0.1, 0.15) is 30.3 Å². The molecule has 1 aromatic heterocycles. The number of hydrogen-bond acceptors (Lipinski definition) is 2. The van der Waals surface area contributed by atoms with Gasteiger partial charge in [-0.1, -0.05) is 18.7 Å². The number of aryl methyl sites for hydroxylation is 1. The molecule has 98 valence electrons. The van der Waals surface area contributed by atoms with Gasteiger partial charge in [-0.3, -0.25) is 4.57 Å². The van der Waals surface area contributed by atoms with Crippen molar-refractivity contribution in [2.45, 2.75) is 25.8 Å². The molecule has 0 spiro atoms. The highest BCUT2D eigenvalue weighted by atomic mass is 16.1. The summed E-state index contributed by atoms with van der Waals surface area (Å²) in [5, 5.41) is 0. The van der Waals surface area contributed by atoms with Gasteiger partial charge >= 0.3 is 5.69 Å². The number of allylic oxidation sites excluding steroid dienone is 2. The molecule has 0 unspecified atom stereocenters. The molecule has 0 aliphatic carbocycles. The zero-order chi connectivity index (χ0) is 13.1. The zero-order valence-corrected chi connectivity index (χ0v) is 11.1. The van der Waals surface area contributed by atoms with E-state index in [9.17, 15) is 4.79 Å². The third kappa shape index (κ3) is 2.48. The van der Waals surface area contributed by atoms with E-state index in [0.717, 1.165) is 37.3 Å². The minimum atomic E-state index is 0.00534. The van der Waals surface area contributed by atoms with Crippen LogP contribution >= 0.6 is 0 Å². The first kappa shape index (κ1) is 12.9. The third-order valence-electron chi connectivity index (χ3n) is 3.60. The van der Waals surface area contributed by atoms with Crippen LogP contribution in [0.3, 0.4) is 0 Å². The van der Waals surface area contributed by atoms with Crippen LogP contribution < -0.4 is 5.69 Å². The fourth-order valence-corrected chi connectivity index (χ4v) is 2.55. The number of piperidine rings is 1. The van der Waals surface area contributed by atoms with Crippen molar-refractivity contribution in [3.63, 3.8) is 0 Å². The lowest BCUT2D eigenvalue weighted by Gasteiger charge is -2.30. The summed E-state index contributed by atoms with van der Waals surface area (Å²) in [6, 6.07) is 0.308. The van der Waals surface area contributed by atoms with Gasteiger partial charge in [0.1, 0.15) is 0 Å². The summed E-state index contributed by atoms with van der Waals surface area (Å²) in [5.41, 5.74) is 1.91. The van der Waals surface area contributed by atoms with Crippen LogP contribution in [0.4, 0.5) is 0 Å². The van der Waals surface area contributed by atoms with Crippen molar-refractivity contribution < 1.29 is 0 Å². The Morgan fingerprint density at radius 1 is 1.39 bits per heavy atom. The van der Waals surface area contributed by atoms with E-state index in [2.05, 4.69) is 23.5 Å². The van der Waals surface area contributed by atoms with Gasteiger partial charge in [-0.25, -0.2) is 4.79 Å². The first-order chi connectivity index (χ1) is 8.63. The Balaban J connectivity index is 2.34. The van der Waals surface area contributed by atoms with Crippen molar-refractivity contribution in [2.75, 3.05) is 20.1 Å². The van der Waals surface area contributed by atoms with E-state index >= 15 is 0 Å². The highest BCUT2D eigenvalue weighted by Gasteiger charge is 2.22. The van der Waals surface area contributed by atoms with Gasteiger partial charge in [-0.2, -0.15) is 0 Å². The maximum atomic E-state index is 12.0. The van der Waals surface area contributed by atoms with Crippen molar-refractivity contribution in [3.8, 4) is 0 Å². The monoisotopic (exact) mass is 247 g/mol. The Morgan fingerprint density at radius 2 is 2.06 bits per heavy atom. The van der Waals surface area contributed by atoms with E-state index in [1.165, 1.54) is 0 Å². The van der Waals surface area contributed by atoms with E-state index in [-0.39, 0.29) is 5.69 Å². The number of hydrogen-bond donors (Lipinski definition) is 1. The van der Waals surface area contributed by atoms with Gasteiger partial charge in [0, 0.05) is 11.7 Å². The first-order valence-corrected chi connectivity index (χ1v) is 6.42. The molecular formula is C14H21N3O. The van der Waals surface area contributed by atoms with E-state index in [1.807, 2.05) is 23.6 Å². The summed E-state index contributed by atoms with van der Waals surface area (Å²) >= 11 is 0. The quantitative estimate of drug-likeness (QED) is 0.829. The lowest BCUT2D eigenvalue weighted by molar-refractivity contribution is 0.218. The second-order valence-electron chi connectivity index (χ2n) is 4.94. The summed E-state index contributed by atoms with van der Waals surface area (Å²) < 4.78 is 1.91. The fraction of sp³-hybridized carbons (Fsp3) is 0.500. The Hall–Kier alpha value is -1.55. The van der Waals surface area contributed by atoms with Crippen LogP contribution in [0.2, 0.25) is 0 Å². The predicted octanol–water partition coefficient (Wildman–Crippen LogP) is 1.95. The average Bonchev–Trinajstić information content (AvgIpc) is 2.62. The van der Waals surface area contributed by atoms with Gasteiger partial charge in [0.15, 0.2) is 0 Å². The Labute approximate surface area is 108 Å². The number of nitrogens with zero attached hydrogens (tertiary/aromatic N) is 2. The topological polar surface area (TPSA) is 41.0 Å². The van der Waals surface area contributed by atoms with Crippen LogP contribution in [0.5, 0.6) is 0 Å². The van der Waals surface area contributed by atoms with Crippen molar-refractivity contribution >= 4 is 6.08 Å².